The third kappa shape index (κ3) is 5.68. The van der Waals surface area contributed by atoms with Gasteiger partial charge in [-0.2, -0.15) is 0 Å². The summed E-state index contributed by atoms with van der Waals surface area (Å²) in [6.45, 7) is 2.65. The number of likely N-dealkylation sites (N-methyl/N-ethyl adjacent to an activating group) is 1. The fourth-order valence-electron chi connectivity index (χ4n) is 3.17. The Morgan fingerprint density at radius 3 is 2.57 bits per heavy atom. The Hall–Kier alpha value is -2.23. The van der Waals surface area contributed by atoms with E-state index in [2.05, 4.69) is 34.6 Å². The zero-order valence-corrected chi connectivity index (χ0v) is 19.0. The molecule has 1 aromatic carbocycles. The van der Waals surface area contributed by atoms with Gasteiger partial charge in [0, 0.05) is 45.7 Å². The van der Waals surface area contributed by atoms with Crippen LogP contribution in [0.5, 0.6) is 0 Å². The van der Waals surface area contributed by atoms with Crippen molar-refractivity contribution in [2.24, 2.45) is 4.99 Å². The summed E-state index contributed by atoms with van der Waals surface area (Å²) in [4.78, 5) is 18.5. The van der Waals surface area contributed by atoms with Crippen LogP contribution in [0.2, 0.25) is 0 Å². The number of nitrogens with zero attached hydrogens (tertiary/aromatic N) is 3. The highest BCUT2D eigenvalue weighted by Crippen LogP contribution is 2.20. The summed E-state index contributed by atoms with van der Waals surface area (Å²) in [5.74, 6) is 0.970. The number of aliphatic imine (C=N–C) groups is 1. The average Bonchev–Trinajstić information content (AvgIpc) is 3.46. The Kier molecular flexibility index (Phi) is 7.63. The first-order chi connectivity index (χ1) is 14.4. The maximum absolute atomic E-state index is 12.4. The highest BCUT2D eigenvalue weighted by atomic mass is 32.2. The van der Waals surface area contributed by atoms with E-state index in [9.17, 15) is 13.2 Å². The Morgan fingerprint density at radius 2 is 1.93 bits per heavy atom. The second-order valence-corrected chi connectivity index (χ2v) is 10.5. The van der Waals surface area contributed by atoms with Crippen molar-refractivity contribution in [3.63, 3.8) is 0 Å². The predicted octanol–water partition coefficient (Wildman–Crippen LogP) is 2.20. The van der Waals surface area contributed by atoms with Gasteiger partial charge in [0.15, 0.2) is 0 Å². The molecule has 0 saturated heterocycles. The van der Waals surface area contributed by atoms with E-state index in [0.29, 0.717) is 30.1 Å². The Morgan fingerprint density at radius 1 is 1.17 bits per heavy atom. The van der Waals surface area contributed by atoms with E-state index in [0.717, 1.165) is 30.9 Å². The molecule has 9 heteroatoms. The number of hydrogen-bond donors (Lipinski definition) is 1. The molecule has 1 aliphatic heterocycles. The van der Waals surface area contributed by atoms with Gasteiger partial charge in [-0.3, -0.25) is 9.79 Å². The first-order valence-corrected chi connectivity index (χ1v) is 12.3. The first kappa shape index (κ1) is 22.5. The van der Waals surface area contributed by atoms with Gasteiger partial charge in [0.05, 0.1) is 6.54 Å². The lowest BCUT2D eigenvalue weighted by atomic mass is 10.1. The van der Waals surface area contributed by atoms with Gasteiger partial charge in [0.1, 0.15) is 10.0 Å². The number of benzene rings is 1. The number of sulfonamides is 1. The topological polar surface area (TPSA) is 82.1 Å². The van der Waals surface area contributed by atoms with Crippen molar-refractivity contribution >= 4 is 33.1 Å². The third-order valence-electron chi connectivity index (χ3n) is 5.09. The van der Waals surface area contributed by atoms with Crippen molar-refractivity contribution in [1.29, 1.82) is 0 Å². The predicted molar refractivity (Wildman–Crippen MR) is 121 cm³/mol. The van der Waals surface area contributed by atoms with Crippen LogP contribution in [-0.4, -0.2) is 69.6 Å². The number of amides is 1. The summed E-state index contributed by atoms with van der Waals surface area (Å²) in [6, 6.07) is 11.6. The second-order valence-electron chi connectivity index (χ2n) is 7.28. The van der Waals surface area contributed by atoms with Crippen LogP contribution in [0, 0.1) is 0 Å². The monoisotopic (exact) mass is 448 g/mol. The summed E-state index contributed by atoms with van der Waals surface area (Å²) in [5.41, 5.74) is 2.25. The minimum Gasteiger partial charge on any atom is -0.368 e. The zero-order chi connectivity index (χ0) is 21.6. The molecule has 1 aliphatic rings. The highest BCUT2D eigenvalue weighted by molar-refractivity contribution is 7.91. The smallest absolute Gasteiger partial charge is 0.252 e. The van der Waals surface area contributed by atoms with Crippen molar-refractivity contribution in [2.45, 2.75) is 23.5 Å². The van der Waals surface area contributed by atoms with E-state index in [1.54, 1.807) is 36.5 Å². The number of amidine groups is 1. The van der Waals surface area contributed by atoms with Crippen LogP contribution in [0.3, 0.4) is 0 Å². The maximum Gasteiger partial charge on any atom is 0.252 e. The summed E-state index contributed by atoms with van der Waals surface area (Å²) in [6.07, 6.45) is 1.59. The molecule has 0 spiro atoms. The molecule has 0 fully saturated rings. The van der Waals surface area contributed by atoms with Crippen molar-refractivity contribution in [2.75, 3.05) is 40.3 Å². The van der Waals surface area contributed by atoms with Crippen molar-refractivity contribution in [3.05, 3.63) is 52.9 Å². The lowest BCUT2D eigenvalue weighted by Gasteiger charge is -2.19. The molecular formula is C21H28N4O3S2. The molecule has 3 rings (SSSR count). The van der Waals surface area contributed by atoms with Crippen LogP contribution < -0.4 is 5.32 Å². The minimum atomic E-state index is -3.46. The van der Waals surface area contributed by atoms with E-state index in [1.807, 2.05) is 0 Å². The Bertz CT molecular complexity index is 970. The molecule has 0 saturated carbocycles. The number of hydrogen-bond acceptors (Lipinski definition) is 6. The molecule has 2 aromatic rings. The number of thiophene rings is 1. The van der Waals surface area contributed by atoms with Gasteiger partial charge in [-0.1, -0.05) is 30.3 Å². The molecule has 0 atom stereocenters. The standard InChI is InChI=1S/C21H28N4O3S2/c1-24(15-11-17-7-9-18(10-8-17)21-22-12-13-23-21)19(26)5-3-14-25(2)30(27,28)20-6-4-16-29-20/h4,6-10,16H,3,5,11-15H2,1-2H3,(H,22,23). The number of carbonyl (C=O) groups excluding carboxylic acids is 1. The average molecular weight is 449 g/mol. The van der Waals surface area contributed by atoms with Gasteiger partial charge in [-0.05, 0) is 29.9 Å². The molecule has 2 heterocycles. The van der Waals surface area contributed by atoms with Crippen molar-refractivity contribution < 1.29 is 13.2 Å². The maximum atomic E-state index is 12.4. The third-order valence-corrected chi connectivity index (χ3v) is 8.32. The molecule has 1 amide bonds. The molecule has 1 aromatic heterocycles. The summed E-state index contributed by atoms with van der Waals surface area (Å²) >= 11 is 1.20. The van der Waals surface area contributed by atoms with E-state index in [1.165, 1.54) is 21.2 Å². The van der Waals surface area contributed by atoms with Gasteiger partial charge in [0.25, 0.3) is 10.0 Å². The fraction of sp³-hybridized carbons (Fsp3) is 0.429. The first-order valence-electron chi connectivity index (χ1n) is 9.99. The molecule has 0 unspecified atom stereocenters. The van der Waals surface area contributed by atoms with E-state index in [4.69, 9.17) is 0 Å². The Balaban J connectivity index is 1.40. The SMILES string of the molecule is CN(CCc1ccc(C2=NCCN2)cc1)C(=O)CCCN(C)S(=O)(=O)c1cccs1. The molecule has 30 heavy (non-hydrogen) atoms. The number of nitrogens with one attached hydrogen (secondary N) is 1. The molecule has 162 valence electrons. The largest absolute Gasteiger partial charge is 0.368 e. The normalized spacial score (nSPS) is 13.9. The van der Waals surface area contributed by atoms with Crippen LogP contribution in [0.4, 0.5) is 0 Å². The van der Waals surface area contributed by atoms with Gasteiger partial charge in [-0.25, -0.2) is 12.7 Å². The summed E-state index contributed by atoms with van der Waals surface area (Å²) in [7, 11) is -0.109. The Labute approximate surface area is 182 Å². The van der Waals surface area contributed by atoms with Gasteiger partial charge < -0.3 is 10.2 Å². The number of carbonyl (C=O) groups is 1. The molecule has 1 N–H and O–H groups in total. The van der Waals surface area contributed by atoms with Crippen LogP contribution >= 0.6 is 11.3 Å². The second kappa shape index (κ2) is 10.2. The van der Waals surface area contributed by atoms with Gasteiger partial charge in [0.2, 0.25) is 5.91 Å². The van der Waals surface area contributed by atoms with E-state index < -0.39 is 10.0 Å². The van der Waals surface area contributed by atoms with Crippen LogP contribution in [-0.2, 0) is 21.2 Å². The number of rotatable bonds is 10. The molecule has 0 bridgehead atoms. The minimum absolute atomic E-state index is 0.0260. The van der Waals surface area contributed by atoms with Crippen LogP contribution in [0.1, 0.15) is 24.0 Å². The van der Waals surface area contributed by atoms with Gasteiger partial charge >= 0.3 is 0 Å². The lowest BCUT2D eigenvalue weighted by molar-refractivity contribution is -0.130. The van der Waals surface area contributed by atoms with E-state index >= 15 is 0 Å². The molecular weight excluding hydrogens is 420 g/mol. The molecule has 0 radical (unpaired) electrons. The highest BCUT2D eigenvalue weighted by Gasteiger charge is 2.21. The summed E-state index contributed by atoms with van der Waals surface area (Å²) in [5, 5.41) is 5.00. The fourth-order valence-corrected chi connectivity index (χ4v) is 5.58. The summed E-state index contributed by atoms with van der Waals surface area (Å²) < 4.78 is 26.4. The van der Waals surface area contributed by atoms with Crippen molar-refractivity contribution in [1.82, 2.24) is 14.5 Å². The van der Waals surface area contributed by atoms with E-state index in [-0.39, 0.29) is 5.91 Å². The van der Waals surface area contributed by atoms with Crippen LogP contribution in [0.25, 0.3) is 0 Å². The lowest BCUT2D eigenvalue weighted by Crippen LogP contribution is -2.31. The van der Waals surface area contributed by atoms with Gasteiger partial charge in [-0.15, -0.1) is 11.3 Å². The molecule has 0 aliphatic carbocycles. The quantitative estimate of drug-likeness (QED) is 0.604. The van der Waals surface area contributed by atoms with Crippen molar-refractivity contribution in [3.8, 4) is 0 Å². The zero-order valence-electron chi connectivity index (χ0n) is 17.4. The van der Waals surface area contributed by atoms with Crippen LogP contribution in [0.15, 0.2) is 51.0 Å². The molecule has 7 nitrogen and oxygen atoms in total.